The monoisotopic (exact) mass is 372 g/mol. The molecule has 3 rings (SSSR count). The van der Waals surface area contributed by atoms with E-state index >= 15 is 0 Å². The molecule has 0 bridgehead atoms. The van der Waals surface area contributed by atoms with Crippen molar-refractivity contribution in [1.29, 1.82) is 0 Å². The van der Waals surface area contributed by atoms with Crippen LogP contribution >= 0.6 is 11.3 Å². The van der Waals surface area contributed by atoms with Gasteiger partial charge in [0.25, 0.3) is 0 Å². The second kappa shape index (κ2) is 7.75. The Morgan fingerprint density at radius 1 is 1.12 bits per heavy atom. The molecule has 0 saturated carbocycles. The van der Waals surface area contributed by atoms with E-state index in [2.05, 4.69) is 10.3 Å². The lowest BCUT2D eigenvalue weighted by Crippen LogP contribution is -2.13. The number of benzene rings is 2. The van der Waals surface area contributed by atoms with Crippen molar-refractivity contribution < 1.29 is 23.8 Å². The summed E-state index contributed by atoms with van der Waals surface area (Å²) in [4.78, 5) is 27.5. The van der Waals surface area contributed by atoms with E-state index in [4.69, 9.17) is 4.74 Å². The van der Waals surface area contributed by atoms with Gasteiger partial charge in [0.2, 0.25) is 0 Å². The van der Waals surface area contributed by atoms with E-state index in [1.54, 1.807) is 0 Å². The number of amides is 1. The van der Waals surface area contributed by atoms with Gasteiger partial charge in [0, 0.05) is 0 Å². The van der Waals surface area contributed by atoms with Crippen molar-refractivity contribution in [3.63, 3.8) is 0 Å². The number of ether oxygens (including phenoxy) is 1. The third-order valence-corrected chi connectivity index (χ3v) is 4.38. The fourth-order valence-corrected chi connectivity index (χ4v) is 3.11. The van der Waals surface area contributed by atoms with Crippen molar-refractivity contribution in [3.05, 3.63) is 71.7 Å². The van der Waals surface area contributed by atoms with Crippen LogP contribution in [0.5, 0.6) is 0 Å². The van der Waals surface area contributed by atoms with E-state index in [1.807, 2.05) is 30.3 Å². The van der Waals surface area contributed by atoms with Gasteiger partial charge in [-0.3, -0.25) is 5.32 Å². The predicted molar refractivity (Wildman–Crippen MR) is 94.7 cm³/mol. The molecular formula is C18H13FN2O4S. The van der Waals surface area contributed by atoms with Crippen LogP contribution < -0.4 is 5.32 Å². The molecule has 2 aromatic carbocycles. The molecule has 132 valence electrons. The molecule has 1 amide bonds. The molecule has 0 aliphatic rings. The molecular weight excluding hydrogens is 359 g/mol. The number of thiazole rings is 1. The van der Waals surface area contributed by atoms with E-state index in [0.29, 0.717) is 10.4 Å². The van der Waals surface area contributed by atoms with Gasteiger partial charge >= 0.3 is 12.1 Å². The SMILES string of the molecule is O=C(Nc1nc(C(=O)O)c(-c2ccc(F)cc2)s1)OCc1ccccc1. The summed E-state index contributed by atoms with van der Waals surface area (Å²) >= 11 is 0.970. The first-order valence-corrected chi connectivity index (χ1v) is 8.32. The molecule has 0 aliphatic heterocycles. The Morgan fingerprint density at radius 2 is 1.81 bits per heavy atom. The highest BCUT2D eigenvalue weighted by Crippen LogP contribution is 2.33. The van der Waals surface area contributed by atoms with E-state index in [0.717, 1.165) is 16.9 Å². The summed E-state index contributed by atoms with van der Waals surface area (Å²) in [5.74, 6) is -1.68. The minimum Gasteiger partial charge on any atom is -0.476 e. The van der Waals surface area contributed by atoms with Gasteiger partial charge in [-0.1, -0.05) is 53.8 Å². The molecule has 26 heavy (non-hydrogen) atoms. The Labute approximate surface area is 151 Å². The number of anilines is 1. The lowest BCUT2D eigenvalue weighted by atomic mass is 10.1. The highest BCUT2D eigenvalue weighted by Gasteiger charge is 2.20. The number of carbonyl (C=O) groups excluding carboxylic acids is 1. The smallest absolute Gasteiger partial charge is 0.413 e. The van der Waals surface area contributed by atoms with Crippen molar-refractivity contribution in [2.75, 3.05) is 5.32 Å². The molecule has 3 aromatic rings. The number of carbonyl (C=O) groups is 2. The van der Waals surface area contributed by atoms with E-state index in [-0.39, 0.29) is 17.4 Å². The summed E-state index contributed by atoms with van der Waals surface area (Å²) in [5, 5.41) is 11.8. The van der Waals surface area contributed by atoms with Crippen LogP contribution in [0.4, 0.5) is 14.3 Å². The average Bonchev–Trinajstić information content (AvgIpc) is 3.05. The third-order valence-electron chi connectivity index (χ3n) is 3.36. The number of hydrogen-bond acceptors (Lipinski definition) is 5. The lowest BCUT2D eigenvalue weighted by molar-refractivity contribution is 0.0692. The Kier molecular flexibility index (Phi) is 5.23. The average molecular weight is 372 g/mol. The van der Waals surface area contributed by atoms with Crippen LogP contribution in [0.2, 0.25) is 0 Å². The predicted octanol–water partition coefficient (Wildman–Crippen LogP) is 4.40. The van der Waals surface area contributed by atoms with Gasteiger partial charge in [0.1, 0.15) is 12.4 Å². The standard InChI is InChI=1S/C18H13FN2O4S/c19-13-8-6-12(7-9-13)15-14(16(22)23)20-17(26-15)21-18(24)25-10-11-4-2-1-3-5-11/h1-9H,10H2,(H,22,23)(H,20,21,24). The second-order valence-electron chi connectivity index (χ2n) is 5.20. The molecule has 0 unspecified atom stereocenters. The van der Waals surface area contributed by atoms with Gasteiger partial charge in [-0.15, -0.1) is 0 Å². The molecule has 8 heteroatoms. The number of nitrogens with zero attached hydrogens (tertiary/aromatic N) is 1. The number of nitrogens with one attached hydrogen (secondary N) is 1. The number of rotatable bonds is 5. The van der Waals surface area contributed by atoms with Gasteiger partial charge in [-0.05, 0) is 23.3 Å². The maximum Gasteiger partial charge on any atom is 0.413 e. The van der Waals surface area contributed by atoms with Gasteiger partial charge < -0.3 is 9.84 Å². The van der Waals surface area contributed by atoms with Crippen LogP contribution in [0, 0.1) is 5.82 Å². The van der Waals surface area contributed by atoms with E-state index in [1.165, 1.54) is 24.3 Å². The lowest BCUT2D eigenvalue weighted by Gasteiger charge is -2.04. The van der Waals surface area contributed by atoms with Crippen molar-refractivity contribution in [1.82, 2.24) is 4.98 Å². The summed E-state index contributed by atoms with van der Waals surface area (Å²) in [6, 6.07) is 14.5. The van der Waals surface area contributed by atoms with Crippen molar-refractivity contribution >= 4 is 28.5 Å². The molecule has 0 spiro atoms. The van der Waals surface area contributed by atoms with Crippen molar-refractivity contribution in [2.45, 2.75) is 6.61 Å². The van der Waals surface area contributed by atoms with Crippen LogP contribution in [-0.4, -0.2) is 22.2 Å². The van der Waals surface area contributed by atoms with E-state index in [9.17, 15) is 19.1 Å². The van der Waals surface area contributed by atoms with Crippen molar-refractivity contribution in [3.8, 4) is 10.4 Å². The second-order valence-corrected chi connectivity index (χ2v) is 6.19. The Balaban J connectivity index is 1.74. The van der Waals surface area contributed by atoms with Gasteiger partial charge in [0.15, 0.2) is 10.8 Å². The number of halogens is 1. The fraction of sp³-hybridized carbons (Fsp3) is 0.0556. The van der Waals surface area contributed by atoms with Crippen LogP contribution in [0.25, 0.3) is 10.4 Å². The number of carboxylic acids is 1. The van der Waals surface area contributed by atoms with Crippen LogP contribution in [0.1, 0.15) is 16.1 Å². The topological polar surface area (TPSA) is 88.5 Å². The summed E-state index contributed by atoms with van der Waals surface area (Å²) in [5.41, 5.74) is 1.09. The highest BCUT2D eigenvalue weighted by atomic mass is 32.1. The van der Waals surface area contributed by atoms with Crippen molar-refractivity contribution in [2.24, 2.45) is 0 Å². The molecule has 0 fully saturated rings. The fourth-order valence-electron chi connectivity index (χ4n) is 2.16. The Morgan fingerprint density at radius 3 is 2.46 bits per heavy atom. The number of hydrogen-bond donors (Lipinski definition) is 2. The maximum atomic E-state index is 13.1. The number of aromatic carboxylic acids is 1. The van der Waals surface area contributed by atoms with Crippen LogP contribution in [0.15, 0.2) is 54.6 Å². The van der Waals surface area contributed by atoms with E-state index < -0.39 is 17.9 Å². The molecule has 0 atom stereocenters. The summed E-state index contributed by atoms with van der Waals surface area (Å²) in [7, 11) is 0. The normalized spacial score (nSPS) is 10.3. The zero-order valence-electron chi connectivity index (χ0n) is 13.3. The van der Waals surface area contributed by atoms with Gasteiger partial charge in [-0.25, -0.2) is 19.0 Å². The third kappa shape index (κ3) is 4.22. The molecule has 0 aliphatic carbocycles. The van der Waals surface area contributed by atoms with Crippen LogP contribution in [0.3, 0.4) is 0 Å². The Hall–Kier alpha value is -3.26. The molecule has 1 heterocycles. The summed E-state index contributed by atoms with van der Waals surface area (Å²) < 4.78 is 18.1. The minimum atomic E-state index is -1.24. The molecule has 0 radical (unpaired) electrons. The highest BCUT2D eigenvalue weighted by molar-refractivity contribution is 7.19. The van der Waals surface area contributed by atoms with Gasteiger partial charge in [-0.2, -0.15) is 0 Å². The van der Waals surface area contributed by atoms with Gasteiger partial charge in [0.05, 0.1) is 4.88 Å². The summed E-state index contributed by atoms with van der Waals surface area (Å²) in [6.45, 7) is 0.0780. The van der Waals surface area contributed by atoms with Crippen LogP contribution in [-0.2, 0) is 11.3 Å². The summed E-state index contributed by atoms with van der Waals surface area (Å²) in [6.07, 6.45) is -0.745. The molecule has 0 saturated heterocycles. The minimum absolute atomic E-state index is 0.0780. The zero-order valence-corrected chi connectivity index (χ0v) is 14.1. The maximum absolute atomic E-state index is 13.1. The number of aromatic nitrogens is 1. The number of carboxylic acid groups (broad SMARTS) is 1. The Bertz CT molecular complexity index is 926. The first-order chi connectivity index (χ1) is 12.5. The molecule has 1 aromatic heterocycles. The first kappa shape index (κ1) is 17.6. The first-order valence-electron chi connectivity index (χ1n) is 7.50. The zero-order chi connectivity index (χ0) is 18.5. The molecule has 6 nitrogen and oxygen atoms in total. The quantitative estimate of drug-likeness (QED) is 0.693. The largest absolute Gasteiger partial charge is 0.476 e. The molecule has 2 N–H and O–H groups in total.